The molecule has 0 heterocycles. The van der Waals surface area contributed by atoms with Gasteiger partial charge in [0.25, 0.3) is 5.69 Å². The average molecular weight is 212 g/mol. The standard InChI is InChI=1S/C8H8N2O5/c11-8(10(14)15)5-6-2-1-3-7(4-6)9(12)13/h1-4,8,11H,5H2. The molecule has 0 aliphatic rings. The highest BCUT2D eigenvalue weighted by atomic mass is 16.7. The summed E-state index contributed by atoms with van der Waals surface area (Å²) in [5, 5.41) is 29.5. The van der Waals surface area contributed by atoms with E-state index in [1.165, 1.54) is 24.3 Å². The van der Waals surface area contributed by atoms with Crippen LogP contribution >= 0.6 is 0 Å². The molecule has 0 amide bonds. The topological polar surface area (TPSA) is 107 Å². The van der Waals surface area contributed by atoms with Crippen molar-refractivity contribution in [1.29, 1.82) is 0 Å². The third-order valence-electron chi connectivity index (χ3n) is 1.78. The fourth-order valence-electron chi connectivity index (χ4n) is 1.08. The molecule has 0 spiro atoms. The molecular formula is C8H8N2O5. The number of nitrogens with zero attached hydrogens (tertiary/aromatic N) is 2. The Morgan fingerprint density at radius 1 is 1.33 bits per heavy atom. The van der Waals surface area contributed by atoms with E-state index in [9.17, 15) is 20.2 Å². The molecule has 0 aromatic heterocycles. The van der Waals surface area contributed by atoms with E-state index in [1.54, 1.807) is 0 Å². The molecule has 1 unspecified atom stereocenters. The molecule has 0 aliphatic carbocycles. The molecule has 1 rings (SSSR count). The summed E-state index contributed by atoms with van der Waals surface area (Å²) in [7, 11) is 0. The Morgan fingerprint density at radius 3 is 2.53 bits per heavy atom. The number of rotatable bonds is 4. The van der Waals surface area contributed by atoms with E-state index in [4.69, 9.17) is 5.11 Å². The summed E-state index contributed by atoms with van der Waals surface area (Å²) < 4.78 is 0. The Kier molecular flexibility index (Phi) is 3.29. The van der Waals surface area contributed by atoms with Crippen LogP contribution in [0.25, 0.3) is 0 Å². The Balaban J connectivity index is 2.82. The maximum atomic E-state index is 10.4. The molecule has 15 heavy (non-hydrogen) atoms. The summed E-state index contributed by atoms with van der Waals surface area (Å²) >= 11 is 0. The maximum Gasteiger partial charge on any atom is 0.317 e. The lowest BCUT2D eigenvalue weighted by Gasteiger charge is -2.02. The Labute approximate surface area is 84.3 Å². The molecule has 0 fully saturated rings. The second-order valence-electron chi connectivity index (χ2n) is 2.90. The molecule has 0 aliphatic heterocycles. The molecule has 0 radical (unpaired) electrons. The zero-order valence-corrected chi connectivity index (χ0v) is 7.57. The first kappa shape index (κ1) is 11.1. The van der Waals surface area contributed by atoms with Crippen LogP contribution in [0, 0.1) is 20.2 Å². The van der Waals surface area contributed by atoms with Gasteiger partial charge in [-0.3, -0.25) is 20.2 Å². The minimum absolute atomic E-state index is 0.150. The van der Waals surface area contributed by atoms with Crippen LogP contribution in [0.5, 0.6) is 0 Å². The average Bonchev–Trinajstić information content (AvgIpc) is 2.18. The van der Waals surface area contributed by atoms with Crippen molar-refractivity contribution in [1.82, 2.24) is 0 Å². The molecular weight excluding hydrogens is 204 g/mol. The van der Waals surface area contributed by atoms with Crippen molar-refractivity contribution >= 4 is 5.69 Å². The number of benzene rings is 1. The van der Waals surface area contributed by atoms with Crippen molar-refractivity contribution in [3.63, 3.8) is 0 Å². The quantitative estimate of drug-likeness (QED) is 0.449. The van der Waals surface area contributed by atoms with E-state index >= 15 is 0 Å². The van der Waals surface area contributed by atoms with Gasteiger partial charge in [-0.05, 0) is 5.56 Å². The highest BCUT2D eigenvalue weighted by molar-refractivity contribution is 5.34. The van der Waals surface area contributed by atoms with Crippen LogP contribution in [-0.2, 0) is 6.42 Å². The summed E-state index contributed by atoms with van der Waals surface area (Å²) in [5.41, 5.74) is 0.205. The summed E-state index contributed by atoms with van der Waals surface area (Å²) in [5.74, 6) is 0. The van der Waals surface area contributed by atoms with Crippen LogP contribution < -0.4 is 0 Å². The Morgan fingerprint density at radius 2 is 2.00 bits per heavy atom. The van der Waals surface area contributed by atoms with Crippen LogP contribution in [0.1, 0.15) is 5.56 Å². The molecule has 1 atom stereocenters. The van der Waals surface area contributed by atoms with Gasteiger partial charge in [-0.2, -0.15) is 0 Å². The van der Waals surface area contributed by atoms with Crippen molar-refractivity contribution < 1.29 is 15.0 Å². The van der Waals surface area contributed by atoms with E-state index < -0.39 is 16.1 Å². The molecule has 1 N–H and O–H groups in total. The van der Waals surface area contributed by atoms with Crippen LogP contribution in [0.15, 0.2) is 24.3 Å². The van der Waals surface area contributed by atoms with Crippen LogP contribution in [0.4, 0.5) is 5.69 Å². The molecule has 7 nitrogen and oxygen atoms in total. The van der Waals surface area contributed by atoms with Crippen LogP contribution in [-0.4, -0.2) is 21.2 Å². The summed E-state index contributed by atoms with van der Waals surface area (Å²) in [6.45, 7) is 0. The van der Waals surface area contributed by atoms with Crippen molar-refractivity contribution in [2.75, 3.05) is 0 Å². The lowest BCUT2D eigenvalue weighted by molar-refractivity contribution is -0.569. The van der Waals surface area contributed by atoms with Gasteiger partial charge in [0.15, 0.2) is 0 Å². The van der Waals surface area contributed by atoms with E-state index in [1.807, 2.05) is 0 Å². The predicted octanol–water partition coefficient (Wildman–Crippen LogP) is 0.732. The van der Waals surface area contributed by atoms with Gasteiger partial charge < -0.3 is 5.11 Å². The maximum absolute atomic E-state index is 10.4. The number of nitro groups is 2. The molecule has 1 aromatic rings. The number of nitro benzene ring substituents is 1. The summed E-state index contributed by atoms with van der Waals surface area (Å²) in [6.07, 6.45) is -1.97. The largest absolute Gasteiger partial charge is 0.333 e. The van der Waals surface area contributed by atoms with Crippen molar-refractivity contribution in [3.8, 4) is 0 Å². The molecule has 0 saturated heterocycles. The van der Waals surface area contributed by atoms with Crippen LogP contribution in [0.2, 0.25) is 0 Å². The summed E-state index contributed by atoms with van der Waals surface area (Å²) in [4.78, 5) is 19.1. The molecule has 0 bridgehead atoms. The lowest BCUT2D eigenvalue weighted by atomic mass is 10.1. The minimum Gasteiger partial charge on any atom is -0.333 e. The smallest absolute Gasteiger partial charge is 0.317 e. The number of aliphatic hydroxyl groups is 1. The number of hydrogen-bond donors (Lipinski definition) is 1. The first-order valence-electron chi connectivity index (χ1n) is 4.05. The number of aliphatic hydroxyl groups excluding tert-OH is 1. The van der Waals surface area contributed by atoms with Gasteiger partial charge in [0, 0.05) is 12.1 Å². The third-order valence-corrected chi connectivity index (χ3v) is 1.78. The SMILES string of the molecule is O=[N+]([O-])c1cccc(CC(O)[N+](=O)[O-])c1. The zero-order chi connectivity index (χ0) is 11.4. The molecule has 1 aromatic carbocycles. The third kappa shape index (κ3) is 2.99. The van der Waals surface area contributed by atoms with Crippen molar-refractivity contribution in [2.24, 2.45) is 0 Å². The van der Waals surface area contributed by atoms with E-state index in [0.717, 1.165) is 0 Å². The highest BCUT2D eigenvalue weighted by Gasteiger charge is 2.17. The van der Waals surface area contributed by atoms with Crippen LogP contribution in [0.3, 0.4) is 0 Å². The Bertz CT molecular complexity index is 392. The highest BCUT2D eigenvalue weighted by Crippen LogP contribution is 2.14. The Hall–Kier alpha value is -2.02. The van der Waals surface area contributed by atoms with Gasteiger partial charge in [-0.15, -0.1) is 0 Å². The number of non-ortho nitro benzene ring substituents is 1. The fourth-order valence-corrected chi connectivity index (χ4v) is 1.08. The number of hydrogen-bond acceptors (Lipinski definition) is 5. The first-order valence-corrected chi connectivity index (χ1v) is 4.05. The van der Waals surface area contributed by atoms with Gasteiger partial charge in [0.2, 0.25) is 0 Å². The fraction of sp³-hybridized carbons (Fsp3) is 0.250. The van der Waals surface area contributed by atoms with Gasteiger partial charge in [-0.25, -0.2) is 0 Å². The van der Waals surface area contributed by atoms with Gasteiger partial charge in [-0.1, -0.05) is 12.1 Å². The molecule has 80 valence electrons. The monoisotopic (exact) mass is 212 g/mol. The van der Waals surface area contributed by atoms with Crippen molar-refractivity contribution in [3.05, 3.63) is 50.1 Å². The zero-order valence-electron chi connectivity index (χ0n) is 7.57. The molecule has 7 heteroatoms. The van der Waals surface area contributed by atoms with E-state index in [0.29, 0.717) is 5.56 Å². The minimum atomic E-state index is -1.73. The second kappa shape index (κ2) is 4.47. The first-order chi connectivity index (χ1) is 7.00. The summed E-state index contributed by atoms with van der Waals surface area (Å²) in [6, 6.07) is 5.38. The normalized spacial score (nSPS) is 12.1. The van der Waals surface area contributed by atoms with E-state index in [2.05, 4.69) is 0 Å². The van der Waals surface area contributed by atoms with E-state index in [-0.39, 0.29) is 12.1 Å². The predicted molar refractivity (Wildman–Crippen MR) is 49.8 cm³/mol. The van der Waals surface area contributed by atoms with Gasteiger partial charge in [0.05, 0.1) is 16.3 Å². The lowest BCUT2D eigenvalue weighted by Crippen LogP contribution is -2.21. The van der Waals surface area contributed by atoms with Crippen molar-refractivity contribution in [2.45, 2.75) is 12.6 Å². The second-order valence-corrected chi connectivity index (χ2v) is 2.90. The van der Waals surface area contributed by atoms with Gasteiger partial charge in [0.1, 0.15) is 0 Å². The van der Waals surface area contributed by atoms with Gasteiger partial charge >= 0.3 is 6.23 Å². The molecule has 0 saturated carbocycles.